The minimum atomic E-state index is 0.629. The molecule has 3 nitrogen and oxygen atoms in total. The van der Waals surface area contributed by atoms with Crippen LogP contribution >= 0.6 is 11.3 Å². The van der Waals surface area contributed by atoms with Crippen molar-refractivity contribution in [1.82, 2.24) is 15.0 Å². The van der Waals surface area contributed by atoms with Crippen LogP contribution < -0.4 is 0 Å². The first kappa shape index (κ1) is 35.2. The van der Waals surface area contributed by atoms with Crippen LogP contribution in [0.15, 0.2) is 212 Å². The van der Waals surface area contributed by atoms with Crippen molar-refractivity contribution in [2.75, 3.05) is 0 Å². The molecular weight excluding hydrogens is 759 g/mol. The third kappa shape index (κ3) is 6.24. The molecule has 2 heterocycles. The summed E-state index contributed by atoms with van der Waals surface area (Å²) in [5, 5.41) is 10.0. The zero-order chi connectivity index (χ0) is 40.3. The highest BCUT2D eigenvalue weighted by Gasteiger charge is 2.16. The molecule has 4 heteroatoms. The molecule has 284 valence electrons. The number of rotatable bonds is 6. The van der Waals surface area contributed by atoms with Gasteiger partial charge in [-0.1, -0.05) is 182 Å². The highest BCUT2D eigenvalue weighted by atomic mass is 32.1. The smallest absolute Gasteiger partial charge is 0.164 e. The highest BCUT2D eigenvalue weighted by Crippen LogP contribution is 2.41. The largest absolute Gasteiger partial charge is 0.208 e. The number of hydrogen-bond acceptors (Lipinski definition) is 4. The van der Waals surface area contributed by atoms with Crippen molar-refractivity contribution >= 4 is 63.8 Å². The van der Waals surface area contributed by atoms with Crippen LogP contribution in [-0.4, -0.2) is 15.0 Å². The molecule has 0 amide bonds. The van der Waals surface area contributed by atoms with Gasteiger partial charge in [-0.2, -0.15) is 0 Å². The Kier molecular flexibility index (Phi) is 8.36. The molecule has 0 fully saturated rings. The summed E-state index contributed by atoms with van der Waals surface area (Å²) < 4.78 is 2.59. The normalized spacial score (nSPS) is 11.6. The molecule has 0 aliphatic carbocycles. The SMILES string of the molecule is c1ccc(-c2ccc(-c3nc(-c4ccc(-c5c6ccccc6cc6c5ccc5ccccc56)cc4)nc(-c4cccc(-c5ccc6sc7ccccc7c6c5)c4)n3)cc2)cc1. The van der Waals surface area contributed by atoms with E-state index in [0.717, 1.165) is 38.9 Å². The van der Waals surface area contributed by atoms with Gasteiger partial charge < -0.3 is 0 Å². The lowest BCUT2D eigenvalue weighted by molar-refractivity contribution is 1.07. The summed E-state index contributed by atoms with van der Waals surface area (Å²) in [6.45, 7) is 0. The monoisotopic (exact) mass is 793 g/mol. The van der Waals surface area contributed by atoms with Gasteiger partial charge in [0.05, 0.1) is 0 Å². The molecule has 0 bridgehead atoms. The fraction of sp³-hybridized carbons (Fsp3) is 0. The van der Waals surface area contributed by atoms with Crippen molar-refractivity contribution in [2.45, 2.75) is 0 Å². The van der Waals surface area contributed by atoms with Crippen LogP contribution in [-0.2, 0) is 0 Å². The third-order valence-corrected chi connectivity index (χ3v) is 13.1. The van der Waals surface area contributed by atoms with Crippen molar-refractivity contribution in [3.8, 4) is 67.5 Å². The minimum absolute atomic E-state index is 0.629. The van der Waals surface area contributed by atoms with Gasteiger partial charge in [-0.05, 0) is 96.0 Å². The Morgan fingerprint density at radius 1 is 0.246 bits per heavy atom. The van der Waals surface area contributed by atoms with E-state index in [4.69, 9.17) is 15.0 Å². The number of hydrogen-bond donors (Lipinski definition) is 0. The van der Waals surface area contributed by atoms with Crippen LogP contribution in [0.3, 0.4) is 0 Å². The molecule has 0 unspecified atom stereocenters. The molecule has 0 N–H and O–H groups in total. The lowest BCUT2D eigenvalue weighted by Crippen LogP contribution is -2.00. The summed E-state index contributed by atoms with van der Waals surface area (Å²) in [4.78, 5) is 15.5. The minimum Gasteiger partial charge on any atom is -0.208 e. The number of aromatic nitrogens is 3. The Bertz CT molecular complexity index is 3630. The average molecular weight is 794 g/mol. The molecule has 0 saturated heterocycles. The second-order valence-electron chi connectivity index (χ2n) is 15.6. The van der Waals surface area contributed by atoms with Gasteiger partial charge in [0.15, 0.2) is 17.5 Å². The topological polar surface area (TPSA) is 38.7 Å². The van der Waals surface area contributed by atoms with Crippen LogP contribution in [0.1, 0.15) is 0 Å². The molecule has 10 aromatic carbocycles. The lowest BCUT2D eigenvalue weighted by atomic mass is 9.89. The van der Waals surface area contributed by atoms with E-state index in [1.165, 1.54) is 63.6 Å². The van der Waals surface area contributed by atoms with Crippen LogP contribution in [0.4, 0.5) is 0 Å². The van der Waals surface area contributed by atoms with Crippen LogP contribution in [0.2, 0.25) is 0 Å². The Balaban J connectivity index is 0.983. The zero-order valence-electron chi connectivity index (χ0n) is 33.0. The van der Waals surface area contributed by atoms with Crippen molar-refractivity contribution in [3.05, 3.63) is 212 Å². The van der Waals surface area contributed by atoms with E-state index in [0.29, 0.717) is 17.5 Å². The molecule has 0 saturated carbocycles. The predicted octanol–water partition coefficient (Wildman–Crippen LogP) is 15.7. The number of thiophene rings is 1. The van der Waals surface area contributed by atoms with E-state index in [1.54, 1.807) is 0 Å². The Hall–Kier alpha value is -7.79. The van der Waals surface area contributed by atoms with Crippen molar-refractivity contribution < 1.29 is 0 Å². The molecule has 2 aromatic heterocycles. The predicted molar refractivity (Wildman–Crippen MR) is 258 cm³/mol. The highest BCUT2D eigenvalue weighted by molar-refractivity contribution is 7.25. The van der Waals surface area contributed by atoms with E-state index in [9.17, 15) is 0 Å². The maximum Gasteiger partial charge on any atom is 0.164 e. The van der Waals surface area contributed by atoms with E-state index in [2.05, 4.69) is 206 Å². The van der Waals surface area contributed by atoms with Crippen LogP contribution in [0, 0.1) is 0 Å². The van der Waals surface area contributed by atoms with Gasteiger partial charge in [0.2, 0.25) is 0 Å². The second-order valence-corrected chi connectivity index (χ2v) is 16.7. The van der Waals surface area contributed by atoms with E-state index >= 15 is 0 Å². The fourth-order valence-electron chi connectivity index (χ4n) is 8.87. The van der Waals surface area contributed by atoms with Gasteiger partial charge in [0, 0.05) is 36.9 Å². The van der Waals surface area contributed by atoms with Gasteiger partial charge in [0.1, 0.15) is 0 Å². The average Bonchev–Trinajstić information content (AvgIpc) is 3.72. The van der Waals surface area contributed by atoms with Gasteiger partial charge >= 0.3 is 0 Å². The standard InChI is InChI=1S/C57H35N3S/c1-2-11-36(12-3-1)37-21-25-40(26-22-37)55-58-56(60-57(59-55)45-16-10-15-42(33-45)43-30-32-53-51(34-43)48-19-8-9-20-52(48)61-53)41-27-23-39(24-28-41)54-47-18-7-5-14-44(47)35-50-46-17-6-4-13-38(46)29-31-49(50)54/h1-35H. The summed E-state index contributed by atoms with van der Waals surface area (Å²) in [6, 6.07) is 75.9. The van der Waals surface area contributed by atoms with Crippen molar-refractivity contribution in [1.29, 1.82) is 0 Å². The first-order valence-electron chi connectivity index (χ1n) is 20.6. The molecule has 0 aliphatic rings. The second kappa shape index (κ2) is 14.5. The molecule has 61 heavy (non-hydrogen) atoms. The molecule has 0 radical (unpaired) electrons. The maximum atomic E-state index is 5.20. The van der Waals surface area contributed by atoms with E-state index in [-0.39, 0.29) is 0 Å². The Labute approximate surface area is 356 Å². The zero-order valence-corrected chi connectivity index (χ0v) is 33.8. The molecule has 0 spiro atoms. The lowest BCUT2D eigenvalue weighted by Gasteiger charge is -2.14. The van der Waals surface area contributed by atoms with Crippen LogP contribution in [0.5, 0.6) is 0 Å². The van der Waals surface area contributed by atoms with Gasteiger partial charge in [-0.3, -0.25) is 0 Å². The summed E-state index contributed by atoms with van der Waals surface area (Å²) in [6.07, 6.45) is 0. The summed E-state index contributed by atoms with van der Waals surface area (Å²) in [7, 11) is 0. The molecular formula is C57H35N3S. The summed E-state index contributed by atoms with van der Waals surface area (Å²) >= 11 is 1.84. The third-order valence-electron chi connectivity index (χ3n) is 11.9. The number of fused-ring (bicyclic) bond motifs is 7. The van der Waals surface area contributed by atoms with Gasteiger partial charge in [0.25, 0.3) is 0 Å². The molecule has 12 rings (SSSR count). The summed E-state index contributed by atoms with van der Waals surface area (Å²) in [5.74, 6) is 1.89. The molecule has 0 atom stereocenters. The van der Waals surface area contributed by atoms with Crippen molar-refractivity contribution in [2.24, 2.45) is 0 Å². The summed E-state index contributed by atoms with van der Waals surface area (Å²) in [5.41, 5.74) is 9.76. The Morgan fingerprint density at radius 3 is 1.54 bits per heavy atom. The quantitative estimate of drug-likeness (QED) is 0.124. The van der Waals surface area contributed by atoms with E-state index in [1.807, 2.05) is 17.4 Å². The fourth-order valence-corrected chi connectivity index (χ4v) is 9.95. The number of nitrogens with zero attached hydrogens (tertiary/aromatic N) is 3. The van der Waals surface area contributed by atoms with Gasteiger partial charge in [-0.25, -0.2) is 15.0 Å². The van der Waals surface area contributed by atoms with Crippen LogP contribution in [0.25, 0.3) is 120 Å². The van der Waals surface area contributed by atoms with E-state index < -0.39 is 0 Å². The van der Waals surface area contributed by atoms with Crippen molar-refractivity contribution in [3.63, 3.8) is 0 Å². The first-order chi connectivity index (χ1) is 30.2. The molecule has 0 aliphatic heterocycles. The molecule has 12 aromatic rings. The first-order valence-corrected chi connectivity index (χ1v) is 21.4. The van der Waals surface area contributed by atoms with Gasteiger partial charge in [-0.15, -0.1) is 11.3 Å². The maximum absolute atomic E-state index is 5.20. The number of benzene rings is 10. The Morgan fingerprint density at radius 2 is 0.770 bits per heavy atom.